The lowest BCUT2D eigenvalue weighted by Crippen LogP contribution is -2.37. The van der Waals surface area contributed by atoms with Gasteiger partial charge in [-0.3, -0.25) is 10.2 Å². The van der Waals surface area contributed by atoms with Gasteiger partial charge >= 0.3 is 0 Å². The Morgan fingerprint density at radius 1 is 1.29 bits per heavy atom. The molecule has 0 aromatic carbocycles. The normalized spacial score (nSPS) is 17.4. The van der Waals surface area contributed by atoms with Crippen LogP contribution in [0.1, 0.15) is 58.3 Å². The Morgan fingerprint density at radius 3 is 2.59 bits per heavy atom. The van der Waals surface area contributed by atoms with Gasteiger partial charge in [0.25, 0.3) is 0 Å². The van der Waals surface area contributed by atoms with Gasteiger partial charge < -0.3 is 4.90 Å². The lowest BCUT2D eigenvalue weighted by Gasteiger charge is -2.33. The summed E-state index contributed by atoms with van der Waals surface area (Å²) in [6.07, 6.45) is 9.48. The second kappa shape index (κ2) is 8.48. The first-order chi connectivity index (χ1) is 8.27. The number of nitrogens with zero attached hydrogens (tertiary/aromatic N) is 1. The fraction of sp³-hybridized carbons (Fsp3) is 0.923. The third-order valence-electron chi connectivity index (χ3n) is 3.76. The van der Waals surface area contributed by atoms with Crippen LogP contribution in [-0.2, 0) is 4.79 Å². The zero-order valence-electron chi connectivity index (χ0n) is 11.1. The van der Waals surface area contributed by atoms with Gasteiger partial charge in [0.2, 0.25) is 5.91 Å². The van der Waals surface area contributed by atoms with E-state index in [9.17, 15) is 4.79 Å². The maximum atomic E-state index is 11.0. The van der Waals surface area contributed by atoms with Gasteiger partial charge in [0.15, 0.2) is 0 Å². The van der Waals surface area contributed by atoms with Crippen molar-refractivity contribution in [1.29, 1.82) is 0 Å². The number of nitrogens with two attached hydrogens (primary N) is 1. The van der Waals surface area contributed by atoms with Crippen molar-refractivity contribution in [2.24, 2.45) is 5.84 Å². The molecular formula is C13H27N3O. The van der Waals surface area contributed by atoms with Crippen LogP contribution in [0.15, 0.2) is 0 Å². The van der Waals surface area contributed by atoms with Crippen molar-refractivity contribution < 1.29 is 4.79 Å². The summed E-state index contributed by atoms with van der Waals surface area (Å²) in [6.45, 7) is 4.49. The summed E-state index contributed by atoms with van der Waals surface area (Å²) in [4.78, 5) is 13.6. The minimum Gasteiger partial charge on any atom is -0.301 e. The van der Waals surface area contributed by atoms with E-state index in [1.165, 1.54) is 32.1 Å². The lowest BCUT2D eigenvalue weighted by atomic mass is 9.94. The molecule has 100 valence electrons. The molecule has 0 unspecified atom stereocenters. The van der Waals surface area contributed by atoms with Crippen molar-refractivity contribution in [2.45, 2.75) is 64.3 Å². The number of hydrogen-bond donors (Lipinski definition) is 2. The molecule has 4 heteroatoms. The summed E-state index contributed by atoms with van der Waals surface area (Å²) in [5.74, 6) is 5.00. The molecular weight excluding hydrogens is 214 g/mol. The van der Waals surface area contributed by atoms with Gasteiger partial charge in [-0.2, -0.15) is 0 Å². The molecule has 1 rings (SSSR count). The molecule has 0 aliphatic heterocycles. The summed E-state index contributed by atoms with van der Waals surface area (Å²) < 4.78 is 0. The average molecular weight is 241 g/mol. The molecule has 0 heterocycles. The van der Waals surface area contributed by atoms with Crippen molar-refractivity contribution in [2.75, 3.05) is 13.1 Å². The minimum atomic E-state index is -0.0503. The van der Waals surface area contributed by atoms with Crippen LogP contribution in [0.5, 0.6) is 0 Å². The number of nitrogens with one attached hydrogen (secondary N) is 1. The van der Waals surface area contributed by atoms with E-state index in [1.54, 1.807) is 0 Å². The van der Waals surface area contributed by atoms with E-state index in [-0.39, 0.29) is 5.91 Å². The monoisotopic (exact) mass is 241 g/mol. The van der Waals surface area contributed by atoms with Crippen molar-refractivity contribution in [1.82, 2.24) is 10.3 Å². The van der Waals surface area contributed by atoms with Crippen LogP contribution < -0.4 is 11.3 Å². The molecule has 1 aliphatic rings. The molecule has 3 N–H and O–H groups in total. The number of unbranched alkanes of at least 4 members (excludes halogenated alkanes) is 1. The Kier molecular flexibility index (Phi) is 7.21. The summed E-state index contributed by atoms with van der Waals surface area (Å²) >= 11 is 0. The van der Waals surface area contributed by atoms with Gasteiger partial charge in [0.1, 0.15) is 0 Å². The van der Waals surface area contributed by atoms with Crippen LogP contribution in [0.3, 0.4) is 0 Å². The van der Waals surface area contributed by atoms with Gasteiger partial charge in [-0.1, -0.05) is 26.2 Å². The number of carbonyl (C=O) groups is 1. The van der Waals surface area contributed by atoms with Crippen LogP contribution in [0.2, 0.25) is 0 Å². The smallest absolute Gasteiger partial charge is 0.233 e. The Balaban J connectivity index is 2.15. The summed E-state index contributed by atoms with van der Waals surface area (Å²) in [6, 6.07) is 0.789. The van der Waals surface area contributed by atoms with Crippen LogP contribution in [0.4, 0.5) is 0 Å². The van der Waals surface area contributed by atoms with E-state index >= 15 is 0 Å². The van der Waals surface area contributed by atoms with E-state index in [2.05, 4.69) is 17.2 Å². The second-order valence-electron chi connectivity index (χ2n) is 4.95. The van der Waals surface area contributed by atoms with Crippen LogP contribution in [0.25, 0.3) is 0 Å². The third-order valence-corrected chi connectivity index (χ3v) is 3.76. The topological polar surface area (TPSA) is 58.4 Å². The fourth-order valence-electron chi connectivity index (χ4n) is 2.72. The van der Waals surface area contributed by atoms with E-state index in [4.69, 9.17) is 5.84 Å². The van der Waals surface area contributed by atoms with Crippen molar-refractivity contribution in [3.8, 4) is 0 Å². The van der Waals surface area contributed by atoms with Crippen molar-refractivity contribution in [3.63, 3.8) is 0 Å². The van der Waals surface area contributed by atoms with Gasteiger partial charge in [-0.25, -0.2) is 5.84 Å². The quantitative estimate of drug-likeness (QED) is 0.309. The van der Waals surface area contributed by atoms with Crippen LogP contribution in [0, 0.1) is 0 Å². The Hall–Kier alpha value is -0.610. The van der Waals surface area contributed by atoms with E-state index < -0.39 is 0 Å². The molecule has 0 spiro atoms. The van der Waals surface area contributed by atoms with Crippen molar-refractivity contribution >= 4 is 5.91 Å². The van der Waals surface area contributed by atoms with Crippen LogP contribution >= 0.6 is 0 Å². The van der Waals surface area contributed by atoms with E-state index in [0.717, 1.165) is 32.0 Å². The molecule has 4 nitrogen and oxygen atoms in total. The number of carbonyl (C=O) groups excluding carboxylic acids is 1. The zero-order valence-corrected chi connectivity index (χ0v) is 11.1. The van der Waals surface area contributed by atoms with Crippen LogP contribution in [-0.4, -0.2) is 29.9 Å². The van der Waals surface area contributed by atoms with Gasteiger partial charge in [0.05, 0.1) is 0 Å². The Morgan fingerprint density at radius 2 is 2.00 bits per heavy atom. The fourth-order valence-corrected chi connectivity index (χ4v) is 2.72. The molecule has 0 bridgehead atoms. The first kappa shape index (κ1) is 14.5. The van der Waals surface area contributed by atoms with E-state index in [0.29, 0.717) is 6.42 Å². The average Bonchev–Trinajstić information content (AvgIpc) is 2.39. The molecule has 1 aliphatic carbocycles. The highest BCUT2D eigenvalue weighted by Crippen LogP contribution is 2.22. The summed E-state index contributed by atoms with van der Waals surface area (Å²) in [5, 5.41) is 0. The number of hydrazine groups is 1. The first-order valence-corrected chi connectivity index (χ1v) is 7.01. The predicted octanol–water partition coefficient (Wildman–Crippen LogP) is 1.80. The molecule has 0 aromatic rings. The van der Waals surface area contributed by atoms with Gasteiger partial charge in [-0.05, 0) is 38.8 Å². The van der Waals surface area contributed by atoms with Gasteiger partial charge in [-0.15, -0.1) is 0 Å². The number of rotatable bonds is 7. The zero-order chi connectivity index (χ0) is 12.5. The highest BCUT2D eigenvalue weighted by Gasteiger charge is 2.19. The molecule has 0 atom stereocenters. The maximum absolute atomic E-state index is 11.0. The third kappa shape index (κ3) is 5.50. The Bertz CT molecular complexity index is 215. The molecule has 1 amide bonds. The molecule has 0 aromatic heterocycles. The minimum absolute atomic E-state index is 0.0503. The molecule has 17 heavy (non-hydrogen) atoms. The largest absolute Gasteiger partial charge is 0.301 e. The maximum Gasteiger partial charge on any atom is 0.233 e. The van der Waals surface area contributed by atoms with Gasteiger partial charge in [0, 0.05) is 12.5 Å². The highest BCUT2D eigenvalue weighted by molar-refractivity contribution is 5.75. The molecule has 1 saturated carbocycles. The number of hydrogen-bond acceptors (Lipinski definition) is 3. The molecule has 0 radical (unpaired) electrons. The summed E-state index contributed by atoms with van der Waals surface area (Å²) in [5.41, 5.74) is 2.18. The second-order valence-corrected chi connectivity index (χ2v) is 4.95. The predicted molar refractivity (Wildman–Crippen MR) is 70.3 cm³/mol. The summed E-state index contributed by atoms with van der Waals surface area (Å²) in [7, 11) is 0. The SMILES string of the molecule is CCN(CCCCC(=O)NN)C1CCCCC1. The molecule has 1 fully saturated rings. The molecule has 0 saturated heterocycles. The van der Waals surface area contributed by atoms with Crippen molar-refractivity contribution in [3.05, 3.63) is 0 Å². The lowest BCUT2D eigenvalue weighted by molar-refractivity contribution is -0.121. The number of amides is 1. The first-order valence-electron chi connectivity index (χ1n) is 7.01. The van der Waals surface area contributed by atoms with E-state index in [1.807, 2.05) is 0 Å². The Labute approximate surface area is 105 Å². The standard InChI is InChI=1S/C13H27N3O/c1-2-16(12-8-4-3-5-9-12)11-7-6-10-13(17)15-14/h12H,2-11,14H2,1H3,(H,15,17). The highest BCUT2D eigenvalue weighted by atomic mass is 16.2.